The van der Waals surface area contributed by atoms with Crippen molar-refractivity contribution >= 4 is 0 Å². The summed E-state index contributed by atoms with van der Waals surface area (Å²) in [5.74, 6) is 0.804. The summed E-state index contributed by atoms with van der Waals surface area (Å²) < 4.78 is 0. The van der Waals surface area contributed by atoms with Gasteiger partial charge in [0.25, 0.3) is 0 Å². The molecule has 2 N–H and O–H groups in total. The molecule has 0 aliphatic heterocycles. The van der Waals surface area contributed by atoms with E-state index in [-0.39, 0.29) is 0 Å². The lowest BCUT2D eigenvalue weighted by molar-refractivity contribution is 0.200. The lowest BCUT2D eigenvalue weighted by atomic mass is 9.82. The van der Waals surface area contributed by atoms with Gasteiger partial charge >= 0.3 is 0 Å². The van der Waals surface area contributed by atoms with E-state index in [1.165, 1.54) is 32.1 Å². The second kappa shape index (κ2) is 6.41. The van der Waals surface area contributed by atoms with Crippen molar-refractivity contribution < 1.29 is 5.11 Å². The van der Waals surface area contributed by atoms with Crippen LogP contribution in [0.4, 0.5) is 0 Å². The van der Waals surface area contributed by atoms with Crippen LogP contribution in [0.25, 0.3) is 0 Å². The molecule has 0 bridgehead atoms. The topological polar surface area (TPSA) is 32.3 Å². The molecule has 1 aliphatic carbocycles. The van der Waals surface area contributed by atoms with Crippen LogP contribution >= 0.6 is 0 Å². The Hall–Kier alpha value is -0.0800. The Kier molecular flexibility index (Phi) is 5.49. The van der Waals surface area contributed by atoms with Crippen LogP contribution in [0.5, 0.6) is 0 Å². The number of hydrogen-bond acceptors (Lipinski definition) is 2. The van der Waals surface area contributed by atoms with Gasteiger partial charge in [-0.2, -0.15) is 0 Å². The fraction of sp³-hybridized carbons (Fsp3) is 1.00. The van der Waals surface area contributed by atoms with Gasteiger partial charge in [0.05, 0.1) is 0 Å². The number of rotatable bonds is 5. The standard InChI is InChI=1S/C12H25NO/c1-10(2)13-12(8-9-14)11-6-4-3-5-7-11/h10-14H,3-9H2,1-2H3. The van der Waals surface area contributed by atoms with Crippen molar-refractivity contribution in [3.8, 4) is 0 Å². The highest BCUT2D eigenvalue weighted by Gasteiger charge is 2.23. The van der Waals surface area contributed by atoms with Gasteiger partial charge in [0.15, 0.2) is 0 Å². The maximum atomic E-state index is 9.04. The Balaban J connectivity index is 2.38. The molecule has 0 saturated heterocycles. The van der Waals surface area contributed by atoms with E-state index < -0.39 is 0 Å². The molecule has 1 unspecified atom stereocenters. The Morgan fingerprint density at radius 2 is 1.86 bits per heavy atom. The molecule has 0 radical (unpaired) electrons. The van der Waals surface area contributed by atoms with Crippen LogP contribution in [-0.4, -0.2) is 23.8 Å². The predicted molar refractivity (Wildman–Crippen MR) is 60.3 cm³/mol. The van der Waals surface area contributed by atoms with Gasteiger partial charge in [-0.1, -0.05) is 33.1 Å². The fourth-order valence-corrected chi connectivity index (χ4v) is 2.56. The van der Waals surface area contributed by atoms with Crippen molar-refractivity contribution in [2.45, 2.75) is 64.5 Å². The monoisotopic (exact) mass is 199 g/mol. The largest absolute Gasteiger partial charge is 0.396 e. The van der Waals surface area contributed by atoms with Gasteiger partial charge in [0, 0.05) is 18.7 Å². The minimum Gasteiger partial charge on any atom is -0.396 e. The number of aliphatic hydroxyl groups is 1. The van der Waals surface area contributed by atoms with Crippen molar-refractivity contribution in [1.82, 2.24) is 5.32 Å². The third kappa shape index (κ3) is 3.97. The molecule has 0 spiro atoms. The molecule has 0 aromatic rings. The first-order valence-corrected chi connectivity index (χ1v) is 6.11. The molecule has 1 rings (SSSR count). The first kappa shape index (κ1) is 12.0. The van der Waals surface area contributed by atoms with E-state index in [9.17, 15) is 0 Å². The van der Waals surface area contributed by atoms with Crippen molar-refractivity contribution in [2.75, 3.05) is 6.61 Å². The van der Waals surface area contributed by atoms with E-state index in [0.717, 1.165) is 12.3 Å². The second-order valence-electron chi connectivity index (χ2n) is 4.84. The molecular formula is C12H25NO. The summed E-state index contributed by atoms with van der Waals surface area (Å²) in [7, 11) is 0. The second-order valence-corrected chi connectivity index (χ2v) is 4.84. The molecule has 0 amide bonds. The maximum absolute atomic E-state index is 9.04. The van der Waals surface area contributed by atoms with Crippen LogP contribution in [0, 0.1) is 5.92 Å². The maximum Gasteiger partial charge on any atom is 0.0445 e. The van der Waals surface area contributed by atoms with Crippen LogP contribution in [0.2, 0.25) is 0 Å². The van der Waals surface area contributed by atoms with Gasteiger partial charge in [-0.3, -0.25) is 0 Å². The molecule has 1 fully saturated rings. The summed E-state index contributed by atoms with van der Waals surface area (Å²) in [5, 5.41) is 12.6. The first-order valence-electron chi connectivity index (χ1n) is 6.11. The Labute approximate surface area is 88.1 Å². The van der Waals surface area contributed by atoms with Gasteiger partial charge < -0.3 is 10.4 Å². The highest BCUT2D eigenvalue weighted by Crippen LogP contribution is 2.27. The van der Waals surface area contributed by atoms with Crippen molar-refractivity contribution in [2.24, 2.45) is 5.92 Å². The number of aliphatic hydroxyl groups excluding tert-OH is 1. The molecule has 0 aromatic heterocycles. The van der Waals surface area contributed by atoms with Crippen LogP contribution in [0.1, 0.15) is 52.4 Å². The molecule has 1 aliphatic rings. The van der Waals surface area contributed by atoms with Gasteiger partial charge in [-0.15, -0.1) is 0 Å². The summed E-state index contributed by atoms with van der Waals surface area (Å²) in [4.78, 5) is 0. The predicted octanol–water partition coefficient (Wildman–Crippen LogP) is 2.32. The summed E-state index contributed by atoms with van der Waals surface area (Å²) in [6.45, 7) is 4.70. The van der Waals surface area contributed by atoms with Gasteiger partial charge in [-0.05, 0) is 25.2 Å². The summed E-state index contributed by atoms with van der Waals surface area (Å²) in [6, 6.07) is 1.08. The van der Waals surface area contributed by atoms with Crippen LogP contribution in [-0.2, 0) is 0 Å². The van der Waals surface area contributed by atoms with Crippen LogP contribution < -0.4 is 5.32 Å². The third-order valence-corrected chi connectivity index (χ3v) is 3.21. The first-order chi connectivity index (χ1) is 6.74. The van der Waals surface area contributed by atoms with E-state index in [1.54, 1.807) is 0 Å². The van der Waals surface area contributed by atoms with E-state index in [0.29, 0.717) is 18.7 Å². The van der Waals surface area contributed by atoms with Crippen LogP contribution in [0.15, 0.2) is 0 Å². The highest BCUT2D eigenvalue weighted by atomic mass is 16.3. The highest BCUT2D eigenvalue weighted by molar-refractivity contribution is 4.80. The Morgan fingerprint density at radius 3 is 2.36 bits per heavy atom. The molecule has 0 heterocycles. The lowest BCUT2D eigenvalue weighted by Gasteiger charge is -2.32. The molecule has 14 heavy (non-hydrogen) atoms. The molecule has 1 atom stereocenters. The zero-order valence-electron chi connectivity index (χ0n) is 9.63. The smallest absolute Gasteiger partial charge is 0.0445 e. The normalized spacial score (nSPS) is 21.4. The van der Waals surface area contributed by atoms with E-state index in [4.69, 9.17) is 5.11 Å². The van der Waals surface area contributed by atoms with Gasteiger partial charge in [0.2, 0.25) is 0 Å². The minimum absolute atomic E-state index is 0.320. The Morgan fingerprint density at radius 1 is 1.21 bits per heavy atom. The zero-order valence-corrected chi connectivity index (χ0v) is 9.63. The molecule has 1 saturated carbocycles. The minimum atomic E-state index is 0.320. The summed E-state index contributed by atoms with van der Waals surface area (Å²) >= 11 is 0. The SMILES string of the molecule is CC(C)NC(CCO)C1CCCCC1. The fourth-order valence-electron chi connectivity index (χ4n) is 2.56. The van der Waals surface area contributed by atoms with E-state index in [1.807, 2.05) is 0 Å². The Bertz CT molecular complexity index is 141. The lowest BCUT2D eigenvalue weighted by Crippen LogP contribution is -2.41. The summed E-state index contributed by atoms with van der Waals surface area (Å²) in [6.07, 6.45) is 7.79. The van der Waals surface area contributed by atoms with E-state index >= 15 is 0 Å². The summed E-state index contributed by atoms with van der Waals surface area (Å²) in [5.41, 5.74) is 0. The third-order valence-electron chi connectivity index (χ3n) is 3.21. The van der Waals surface area contributed by atoms with E-state index in [2.05, 4.69) is 19.2 Å². The van der Waals surface area contributed by atoms with Crippen molar-refractivity contribution in [1.29, 1.82) is 0 Å². The zero-order chi connectivity index (χ0) is 10.4. The van der Waals surface area contributed by atoms with Crippen molar-refractivity contribution in [3.05, 3.63) is 0 Å². The molecule has 0 aromatic carbocycles. The van der Waals surface area contributed by atoms with Gasteiger partial charge in [0.1, 0.15) is 0 Å². The average molecular weight is 199 g/mol. The molecule has 2 heteroatoms. The average Bonchev–Trinajstić information content (AvgIpc) is 2.18. The molecule has 84 valence electrons. The number of hydrogen-bond donors (Lipinski definition) is 2. The number of nitrogens with one attached hydrogen (secondary N) is 1. The van der Waals surface area contributed by atoms with Gasteiger partial charge in [-0.25, -0.2) is 0 Å². The molecular weight excluding hydrogens is 174 g/mol. The van der Waals surface area contributed by atoms with Crippen molar-refractivity contribution in [3.63, 3.8) is 0 Å². The quantitative estimate of drug-likeness (QED) is 0.712. The van der Waals surface area contributed by atoms with Crippen LogP contribution in [0.3, 0.4) is 0 Å². The molecule has 2 nitrogen and oxygen atoms in total.